The second-order valence-corrected chi connectivity index (χ2v) is 4.83. The van der Waals surface area contributed by atoms with E-state index in [9.17, 15) is 18.0 Å². The van der Waals surface area contributed by atoms with E-state index in [2.05, 4.69) is 5.32 Å². The molecular weight excluding hydrogens is 339 g/mol. The first-order valence-corrected chi connectivity index (χ1v) is 7.27. The van der Waals surface area contributed by atoms with Crippen LogP contribution in [-0.2, 0) is 10.9 Å². The Labute approximate surface area is 142 Å². The maximum Gasteiger partial charge on any atom is 0.418 e. The summed E-state index contributed by atoms with van der Waals surface area (Å²) in [6.45, 7) is -0.0628. The van der Waals surface area contributed by atoms with E-state index in [-0.39, 0.29) is 18.9 Å². The second-order valence-electron chi connectivity index (χ2n) is 4.83. The molecule has 0 saturated carbocycles. The van der Waals surface area contributed by atoms with E-state index in [1.165, 1.54) is 12.1 Å². The number of hydrogen-bond donors (Lipinski definition) is 1. The van der Waals surface area contributed by atoms with Gasteiger partial charge in [-0.1, -0.05) is 12.1 Å². The zero-order chi connectivity index (χ0) is 18.3. The highest BCUT2D eigenvalue weighted by Gasteiger charge is 2.33. The number of rotatable bonds is 6. The number of ether oxygens (including phenoxy) is 3. The number of alkyl halides is 3. The first-order chi connectivity index (χ1) is 11.9. The number of anilines is 1. The molecule has 2 rings (SSSR count). The molecule has 8 heteroatoms. The number of amides is 1. The van der Waals surface area contributed by atoms with Gasteiger partial charge in [0.2, 0.25) is 0 Å². The third kappa shape index (κ3) is 5.59. The van der Waals surface area contributed by atoms with E-state index >= 15 is 0 Å². The molecule has 0 aromatic heterocycles. The lowest BCUT2D eigenvalue weighted by Crippen LogP contribution is -2.20. The molecule has 0 heterocycles. The maximum absolute atomic E-state index is 12.8. The van der Waals surface area contributed by atoms with E-state index in [1.54, 1.807) is 31.4 Å². The molecule has 0 aliphatic carbocycles. The molecule has 0 saturated heterocycles. The Hall–Kier alpha value is -2.90. The Morgan fingerprint density at radius 1 is 1.00 bits per heavy atom. The van der Waals surface area contributed by atoms with Crippen molar-refractivity contribution in [1.82, 2.24) is 0 Å². The normalized spacial score (nSPS) is 10.9. The number of halogens is 3. The predicted octanol–water partition coefficient (Wildman–Crippen LogP) is 4.34. The largest absolute Gasteiger partial charge is 0.497 e. The van der Waals surface area contributed by atoms with Crippen molar-refractivity contribution in [3.05, 3.63) is 54.1 Å². The van der Waals surface area contributed by atoms with E-state index in [4.69, 9.17) is 14.2 Å². The van der Waals surface area contributed by atoms with Gasteiger partial charge in [-0.15, -0.1) is 0 Å². The van der Waals surface area contributed by atoms with Crippen LogP contribution in [0.25, 0.3) is 0 Å². The summed E-state index contributed by atoms with van der Waals surface area (Å²) >= 11 is 0. The van der Waals surface area contributed by atoms with Crippen molar-refractivity contribution >= 4 is 11.8 Å². The van der Waals surface area contributed by atoms with Crippen LogP contribution in [0.3, 0.4) is 0 Å². The number of methoxy groups -OCH3 is 1. The number of nitrogens with one attached hydrogen (secondary N) is 1. The maximum atomic E-state index is 12.8. The van der Waals surface area contributed by atoms with E-state index in [0.717, 1.165) is 12.1 Å². The fourth-order valence-corrected chi connectivity index (χ4v) is 1.95. The van der Waals surface area contributed by atoms with E-state index in [0.29, 0.717) is 11.5 Å². The first kappa shape index (κ1) is 18.4. The molecule has 2 aromatic rings. The molecule has 134 valence electrons. The summed E-state index contributed by atoms with van der Waals surface area (Å²) in [6.07, 6.45) is -5.56. The SMILES string of the molecule is COc1ccc(OCCOC(=O)Nc2ccccc2C(F)(F)F)cc1. The molecule has 2 aromatic carbocycles. The average Bonchev–Trinajstić information content (AvgIpc) is 2.59. The Morgan fingerprint density at radius 3 is 2.28 bits per heavy atom. The van der Waals surface area contributed by atoms with Gasteiger partial charge in [0.15, 0.2) is 0 Å². The number of carbonyl (C=O) groups is 1. The molecule has 0 spiro atoms. The van der Waals surface area contributed by atoms with Gasteiger partial charge in [-0.3, -0.25) is 5.32 Å². The summed E-state index contributed by atoms with van der Waals surface area (Å²) < 4.78 is 53.6. The van der Waals surface area contributed by atoms with Crippen molar-refractivity contribution < 1.29 is 32.2 Å². The van der Waals surface area contributed by atoms with Crippen molar-refractivity contribution in [1.29, 1.82) is 0 Å². The van der Waals surface area contributed by atoms with Gasteiger partial charge >= 0.3 is 12.3 Å². The fraction of sp³-hybridized carbons (Fsp3) is 0.235. The number of hydrogen-bond acceptors (Lipinski definition) is 4. The van der Waals surface area contributed by atoms with Crippen LogP contribution in [-0.4, -0.2) is 26.4 Å². The van der Waals surface area contributed by atoms with Crippen LogP contribution in [0.5, 0.6) is 11.5 Å². The standard InChI is InChI=1S/C17H16F3NO4/c1-23-12-6-8-13(9-7-12)24-10-11-25-16(22)21-15-5-3-2-4-14(15)17(18,19)20/h2-9H,10-11H2,1H3,(H,21,22). The van der Waals surface area contributed by atoms with Gasteiger partial charge in [-0.25, -0.2) is 4.79 Å². The molecule has 1 N–H and O–H groups in total. The van der Waals surface area contributed by atoms with Crippen LogP contribution >= 0.6 is 0 Å². The Kier molecular flexibility index (Phi) is 6.10. The zero-order valence-electron chi connectivity index (χ0n) is 13.3. The van der Waals surface area contributed by atoms with Gasteiger partial charge in [0.25, 0.3) is 0 Å². The Bertz CT molecular complexity index is 702. The highest BCUT2D eigenvalue weighted by Crippen LogP contribution is 2.34. The molecule has 25 heavy (non-hydrogen) atoms. The van der Waals surface area contributed by atoms with Crippen LogP contribution in [0, 0.1) is 0 Å². The smallest absolute Gasteiger partial charge is 0.418 e. The minimum absolute atomic E-state index is 0.0562. The van der Waals surface area contributed by atoms with E-state index < -0.39 is 17.8 Å². The topological polar surface area (TPSA) is 56.8 Å². The molecule has 0 aliphatic heterocycles. The molecule has 5 nitrogen and oxygen atoms in total. The molecule has 0 unspecified atom stereocenters. The van der Waals surface area contributed by atoms with Crippen molar-refractivity contribution in [2.45, 2.75) is 6.18 Å². The van der Waals surface area contributed by atoms with E-state index in [1.807, 2.05) is 0 Å². The lowest BCUT2D eigenvalue weighted by Gasteiger charge is -2.13. The van der Waals surface area contributed by atoms with Crippen LogP contribution in [0.2, 0.25) is 0 Å². The van der Waals surface area contributed by atoms with Crippen molar-refractivity contribution in [2.24, 2.45) is 0 Å². The lowest BCUT2D eigenvalue weighted by molar-refractivity contribution is -0.136. The Morgan fingerprint density at radius 2 is 1.64 bits per heavy atom. The summed E-state index contributed by atoms with van der Waals surface area (Å²) in [5.41, 5.74) is -1.31. The third-order valence-corrected chi connectivity index (χ3v) is 3.11. The summed E-state index contributed by atoms with van der Waals surface area (Å²) in [6, 6.07) is 11.4. The third-order valence-electron chi connectivity index (χ3n) is 3.11. The van der Waals surface area contributed by atoms with Gasteiger partial charge in [-0.2, -0.15) is 13.2 Å². The second kappa shape index (κ2) is 8.27. The molecule has 1 amide bonds. The van der Waals surface area contributed by atoms with Gasteiger partial charge in [0.05, 0.1) is 18.4 Å². The average molecular weight is 355 g/mol. The first-order valence-electron chi connectivity index (χ1n) is 7.27. The summed E-state index contributed by atoms with van der Waals surface area (Å²) in [5, 5.41) is 2.08. The molecule has 0 aliphatic rings. The van der Waals surface area contributed by atoms with Gasteiger partial charge in [0.1, 0.15) is 24.7 Å². The van der Waals surface area contributed by atoms with Gasteiger partial charge < -0.3 is 14.2 Å². The zero-order valence-corrected chi connectivity index (χ0v) is 13.3. The van der Waals surface area contributed by atoms with Crippen molar-refractivity contribution in [2.75, 3.05) is 25.6 Å². The summed E-state index contributed by atoms with van der Waals surface area (Å²) in [4.78, 5) is 11.6. The minimum atomic E-state index is -4.57. The van der Waals surface area contributed by atoms with Gasteiger partial charge in [0, 0.05) is 0 Å². The molecule has 0 atom stereocenters. The quantitative estimate of drug-likeness (QED) is 0.783. The van der Waals surface area contributed by atoms with Crippen molar-refractivity contribution in [3.63, 3.8) is 0 Å². The van der Waals surface area contributed by atoms with Crippen LogP contribution in [0.4, 0.5) is 23.7 Å². The summed E-state index contributed by atoms with van der Waals surface area (Å²) in [7, 11) is 1.54. The van der Waals surface area contributed by atoms with Crippen LogP contribution in [0.15, 0.2) is 48.5 Å². The highest BCUT2D eigenvalue weighted by molar-refractivity contribution is 5.85. The number of para-hydroxylation sites is 1. The summed E-state index contributed by atoms with van der Waals surface area (Å²) in [5.74, 6) is 1.22. The van der Waals surface area contributed by atoms with Gasteiger partial charge in [-0.05, 0) is 36.4 Å². The minimum Gasteiger partial charge on any atom is -0.497 e. The fourth-order valence-electron chi connectivity index (χ4n) is 1.95. The molecule has 0 radical (unpaired) electrons. The van der Waals surface area contributed by atoms with Crippen molar-refractivity contribution in [3.8, 4) is 11.5 Å². The lowest BCUT2D eigenvalue weighted by atomic mass is 10.2. The Balaban J connectivity index is 1.79. The van der Waals surface area contributed by atoms with Crippen LogP contribution < -0.4 is 14.8 Å². The number of carbonyl (C=O) groups excluding carboxylic acids is 1. The molecule has 0 fully saturated rings. The number of benzene rings is 2. The molecular formula is C17H16F3NO4. The highest BCUT2D eigenvalue weighted by atomic mass is 19.4. The predicted molar refractivity (Wildman–Crippen MR) is 84.9 cm³/mol. The van der Waals surface area contributed by atoms with Crippen LogP contribution in [0.1, 0.15) is 5.56 Å². The monoisotopic (exact) mass is 355 g/mol. The molecule has 0 bridgehead atoms.